The summed E-state index contributed by atoms with van der Waals surface area (Å²) in [6.07, 6.45) is 3.03. The summed E-state index contributed by atoms with van der Waals surface area (Å²) in [5, 5.41) is 4.55. The van der Waals surface area contributed by atoms with E-state index < -0.39 is 15.9 Å². The number of hydrogen-bond donors (Lipinski definition) is 1. The van der Waals surface area contributed by atoms with E-state index in [1.54, 1.807) is 41.8 Å². The molecule has 3 rings (SSSR count). The molecule has 1 aliphatic heterocycles. The first kappa shape index (κ1) is 22.5. The molecule has 162 valence electrons. The van der Waals surface area contributed by atoms with Gasteiger partial charge < -0.3 is 10.1 Å². The van der Waals surface area contributed by atoms with E-state index in [1.165, 1.54) is 15.6 Å². The number of thiophene rings is 1. The Balaban J connectivity index is 1.58. The zero-order valence-electron chi connectivity index (χ0n) is 16.9. The van der Waals surface area contributed by atoms with Gasteiger partial charge >= 0.3 is 5.97 Å². The summed E-state index contributed by atoms with van der Waals surface area (Å²) in [6, 6.07) is 9.80. The Morgan fingerprint density at radius 2 is 2.00 bits per heavy atom. The molecule has 0 radical (unpaired) electrons. The summed E-state index contributed by atoms with van der Waals surface area (Å²) < 4.78 is 32.3. The molecule has 1 fully saturated rings. The van der Waals surface area contributed by atoms with Crippen molar-refractivity contribution in [3.8, 4) is 0 Å². The lowest BCUT2D eigenvalue weighted by Crippen LogP contribution is -2.43. The number of carbonyl (C=O) groups is 2. The lowest BCUT2D eigenvalue weighted by Gasteiger charge is -2.30. The molecule has 1 atom stereocenters. The molecule has 2 heterocycles. The van der Waals surface area contributed by atoms with Gasteiger partial charge in [-0.3, -0.25) is 4.79 Å². The second kappa shape index (κ2) is 10.2. The molecule has 0 aliphatic carbocycles. The number of hydrogen-bond acceptors (Lipinski definition) is 6. The number of rotatable bonds is 8. The van der Waals surface area contributed by atoms with Gasteiger partial charge in [-0.1, -0.05) is 19.4 Å². The van der Waals surface area contributed by atoms with Gasteiger partial charge in [0.05, 0.1) is 18.1 Å². The first-order valence-corrected chi connectivity index (χ1v) is 12.4. The highest BCUT2D eigenvalue weighted by Gasteiger charge is 2.33. The number of piperidine rings is 1. The molecule has 0 bridgehead atoms. The topological polar surface area (TPSA) is 92.8 Å². The second-order valence-electron chi connectivity index (χ2n) is 7.19. The van der Waals surface area contributed by atoms with Gasteiger partial charge in [0.15, 0.2) is 0 Å². The van der Waals surface area contributed by atoms with Crippen LogP contribution >= 0.6 is 11.3 Å². The fraction of sp³-hybridized carbons (Fsp3) is 0.429. The van der Waals surface area contributed by atoms with E-state index in [2.05, 4.69) is 5.32 Å². The van der Waals surface area contributed by atoms with E-state index in [1.807, 2.05) is 6.92 Å². The summed E-state index contributed by atoms with van der Waals surface area (Å²) >= 11 is 1.18. The SMILES string of the molecule is CCCCOC(=O)c1ccc(NC(=O)[C@H]2CCCN(S(=O)(=O)c3cccs3)C2)cc1. The maximum absolute atomic E-state index is 12.7. The van der Waals surface area contributed by atoms with E-state index in [9.17, 15) is 18.0 Å². The Labute approximate surface area is 181 Å². The highest BCUT2D eigenvalue weighted by Crippen LogP contribution is 2.27. The van der Waals surface area contributed by atoms with Gasteiger partial charge in [-0.15, -0.1) is 11.3 Å². The molecule has 1 amide bonds. The van der Waals surface area contributed by atoms with Crippen molar-refractivity contribution in [1.29, 1.82) is 0 Å². The van der Waals surface area contributed by atoms with Crippen LogP contribution in [0.25, 0.3) is 0 Å². The van der Waals surface area contributed by atoms with Crippen LogP contribution in [0.1, 0.15) is 43.0 Å². The summed E-state index contributed by atoms with van der Waals surface area (Å²) in [5.74, 6) is -1.03. The third kappa shape index (κ3) is 5.47. The van der Waals surface area contributed by atoms with Crippen molar-refractivity contribution < 1.29 is 22.7 Å². The van der Waals surface area contributed by atoms with Gasteiger partial charge in [-0.25, -0.2) is 13.2 Å². The van der Waals surface area contributed by atoms with E-state index in [4.69, 9.17) is 4.74 Å². The van der Waals surface area contributed by atoms with Crippen LogP contribution in [0.3, 0.4) is 0 Å². The molecule has 7 nitrogen and oxygen atoms in total. The minimum absolute atomic E-state index is 0.161. The first-order valence-electron chi connectivity index (χ1n) is 10.0. The maximum Gasteiger partial charge on any atom is 0.338 e. The minimum Gasteiger partial charge on any atom is -0.462 e. The normalized spacial score (nSPS) is 17.4. The molecule has 0 unspecified atom stereocenters. The largest absolute Gasteiger partial charge is 0.462 e. The number of benzene rings is 1. The Bertz CT molecular complexity index is 956. The lowest BCUT2D eigenvalue weighted by molar-refractivity contribution is -0.120. The van der Waals surface area contributed by atoms with Gasteiger partial charge in [-0.05, 0) is 55.0 Å². The average Bonchev–Trinajstić information content (AvgIpc) is 3.30. The monoisotopic (exact) mass is 450 g/mol. The number of amides is 1. The lowest BCUT2D eigenvalue weighted by atomic mass is 9.98. The average molecular weight is 451 g/mol. The number of ether oxygens (including phenoxy) is 1. The standard InChI is InChI=1S/C21H26N2O5S2/c1-2-3-13-28-21(25)16-8-10-18(11-9-16)22-20(24)17-6-4-12-23(15-17)30(26,27)19-7-5-14-29-19/h5,7-11,14,17H,2-4,6,12-13,15H2,1H3,(H,22,24)/t17-/m0/s1. The number of nitrogens with one attached hydrogen (secondary N) is 1. The molecule has 30 heavy (non-hydrogen) atoms. The number of nitrogens with zero attached hydrogens (tertiary/aromatic N) is 1. The number of unbranched alkanes of at least 4 members (excludes halogenated alkanes) is 1. The van der Waals surface area contributed by atoms with Gasteiger partial charge in [0, 0.05) is 18.8 Å². The smallest absolute Gasteiger partial charge is 0.338 e. The Morgan fingerprint density at radius 3 is 2.67 bits per heavy atom. The summed E-state index contributed by atoms with van der Waals surface area (Å²) in [7, 11) is -3.56. The van der Waals surface area contributed by atoms with Crippen LogP contribution in [0.4, 0.5) is 5.69 Å². The molecular formula is C21H26N2O5S2. The quantitative estimate of drug-likeness (QED) is 0.488. The highest BCUT2D eigenvalue weighted by atomic mass is 32.2. The Kier molecular flexibility index (Phi) is 7.63. The number of anilines is 1. The van der Waals surface area contributed by atoms with E-state index in [-0.39, 0.29) is 18.4 Å². The molecule has 1 N–H and O–H groups in total. The number of carbonyl (C=O) groups excluding carboxylic acids is 2. The van der Waals surface area contributed by atoms with Crippen molar-refractivity contribution in [3.63, 3.8) is 0 Å². The first-order chi connectivity index (χ1) is 14.4. The van der Waals surface area contributed by atoms with Crippen molar-refractivity contribution in [2.45, 2.75) is 36.8 Å². The van der Waals surface area contributed by atoms with Gasteiger partial charge in [0.2, 0.25) is 5.91 Å². The van der Waals surface area contributed by atoms with Crippen LogP contribution in [0.2, 0.25) is 0 Å². The summed E-state index contributed by atoms with van der Waals surface area (Å²) in [4.78, 5) is 24.7. The molecule has 2 aromatic rings. The molecule has 1 aromatic heterocycles. The van der Waals surface area contributed by atoms with Crippen LogP contribution in [0, 0.1) is 5.92 Å². The minimum atomic E-state index is -3.56. The number of esters is 1. The molecule has 1 aromatic carbocycles. The third-order valence-electron chi connectivity index (χ3n) is 4.96. The van der Waals surface area contributed by atoms with Crippen LogP contribution in [-0.4, -0.2) is 44.3 Å². The highest BCUT2D eigenvalue weighted by molar-refractivity contribution is 7.91. The Hall–Kier alpha value is -2.23. The zero-order valence-corrected chi connectivity index (χ0v) is 18.5. The van der Waals surface area contributed by atoms with E-state index in [0.29, 0.717) is 41.5 Å². The second-order valence-corrected chi connectivity index (χ2v) is 10.3. The number of sulfonamides is 1. The molecule has 1 aliphatic rings. The molecule has 0 saturated carbocycles. The predicted molar refractivity (Wildman–Crippen MR) is 116 cm³/mol. The molecule has 1 saturated heterocycles. The van der Waals surface area contributed by atoms with E-state index in [0.717, 1.165) is 12.8 Å². The van der Waals surface area contributed by atoms with Gasteiger partial charge in [0.1, 0.15) is 4.21 Å². The van der Waals surface area contributed by atoms with Crippen molar-refractivity contribution in [2.75, 3.05) is 25.0 Å². The van der Waals surface area contributed by atoms with Crippen molar-refractivity contribution >= 4 is 38.9 Å². The van der Waals surface area contributed by atoms with Crippen LogP contribution < -0.4 is 5.32 Å². The van der Waals surface area contributed by atoms with Crippen LogP contribution in [0.5, 0.6) is 0 Å². The molecular weight excluding hydrogens is 424 g/mol. The predicted octanol–water partition coefficient (Wildman–Crippen LogP) is 3.74. The van der Waals surface area contributed by atoms with Gasteiger partial charge in [0.25, 0.3) is 10.0 Å². The van der Waals surface area contributed by atoms with Crippen LogP contribution in [-0.2, 0) is 19.6 Å². The van der Waals surface area contributed by atoms with Crippen molar-refractivity contribution in [2.24, 2.45) is 5.92 Å². The molecule has 0 spiro atoms. The third-order valence-corrected chi connectivity index (χ3v) is 8.20. The fourth-order valence-corrected chi connectivity index (χ4v) is 5.91. The molecule has 9 heteroatoms. The Morgan fingerprint density at radius 1 is 1.23 bits per heavy atom. The summed E-state index contributed by atoms with van der Waals surface area (Å²) in [5.41, 5.74) is 0.985. The fourth-order valence-electron chi connectivity index (χ4n) is 3.24. The van der Waals surface area contributed by atoms with Gasteiger partial charge in [-0.2, -0.15) is 4.31 Å². The maximum atomic E-state index is 12.7. The van der Waals surface area contributed by atoms with Crippen molar-refractivity contribution in [1.82, 2.24) is 4.31 Å². The zero-order chi connectivity index (χ0) is 21.6. The summed E-state index contributed by atoms with van der Waals surface area (Å²) in [6.45, 7) is 2.99. The van der Waals surface area contributed by atoms with Crippen molar-refractivity contribution in [3.05, 3.63) is 47.3 Å². The van der Waals surface area contributed by atoms with E-state index >= 15 is 0 Å². The van der Waals surface area contributed by atoms with Crippen LogP contribution in [0.15, 0.2) is 46.0 Å².